The largest absolute Gasteiger partial charge is 0.505 e. The molecule has 39 heavy (non-hydrogen) atoms. The number of nitrogens with zero attached hydrogens (tertiary/aromatic N) is 1. The van der Waals surface area contributed by atoms with E-state index < -0.39 is 27.5 Å². The lowest BCUT2D eigenvalue weighted by Crippen LogP contribution is -2.35. The number of phenolic OH excluding ortho intramolecular Hbond substituents is 1. The lowest BCUT2D eigenvalue weighted by molar-refractivity contribution is 0.169. The van der Waals surface area contributed by atoms with Crippen LogP contribution < -0.4 is 9.47 Å². The molecule has 1 saturated heterocycles. The molecule has 0 radical (unpaired) electrons. The van der Waals surface area contributed by atoms with Crippen molar-refractivity contribution in [1.29, 1.82) is 0 Å². The zero-order chi connectivity index (χ0) is 27.9. The first kappa shape index (κ1) is 27.2. The van der Waals surface area contributed by atoms with Gasteiger partial charge in [-0.25, -0.2) is 12.8 Å². The molecule has 3 atom stereocenters. The molecule has 3 aromatic carbocycles. The van der Waals surface area contributed by atoms with Crippen molar-refractivity contribution in [3.63, 3.8) is 0 Å². The molecule has 0 amide bonds. The van der Waals surface area contributed by atoms with Gasteiger partial charge in [-0.3, -0.25) is 4.90 Å². The summed E-state index contributed by atoms with van der Waals surface area (Å²) in [5, 5.41) is 10.0. The minimum absolute atomic E-state index is 0.193. The van der Waals surface area contributed by atoms with Crippen LogP contribution in [0.2, 0.25) is 0 Å². The third-order valence-corrected chi connectivity index (χ3v) is 8.84. The van der Waals surface area contributed by atoms with E-state index in [1.807, 2.05) is 24.3 Å². The molecule has 1 N–H and O–H groups in total. The van der Waals surface area contributed by atoms with Gasteiger partial charge < -0.3 is 14.6 Å². The van der Waals surface area contributed by atoms with Crippen LogP contribution in [0.5, 0.6) is 17.2 Å². The summed E-state index contributed by atoms with van der Waals surface area (Å²) in [6.45, 7) is 9.05. The standard InChI is InChI=1S/C31H34FNO5S/c1-19-15-16-33(17-19)20(2)18-37-24-9-5-23(6-10-24)31-28(22-7-11-25(12-8-22)39(4,35)36)21(3)29-27(38-31)14-13-26(34)30(29)32/h5-14,19-20,31,34H,15-18H2,1-4H3/t19-,20+,31?/m1/s1. The van der Waals surface area contributed by atoms with Crippen molar-refractivity contribution in [1.82, 2.24) is 4.90 Å². The third kappa shape index (κ3) is 5.54. The van der Waals surface area contributed by atoms with E-state index in [4.69, 9.17) is 9.47 Å². The zero-order valence-corrected chi connectivity index (χ0v) is 23.5. The first-order chi connectivity index (χ1) is 18.5. The first-order valence-electron chi connectivity index (χ1n) is 13.2. The number of phenols is 1. The van der Waals surface area contributed by atoms with Crippen LogP contribution in [-0.4, -0.2) is 50.4 Å². The van der Waals surface area contributed by atoms with Gasteiger partial charge >= 0.3 is 0 Å². The van der Waals surface area contributed by atoms with Gasteiger partial charge in [-0.2, -0.15) is 0 Å². The fourth-order valence-corrected chi connectivity index (χ4v) is 6.06. The van der Waals surface area contributed by atoms with E-state index in [-0.39, 0.29) is 10.5 Å². The summed E-state index contributed by atoms with van der Waals surface area (Å²) in [7, 11) is -3.37. The summed E-state index contributed by atoms with van der Waals surface area (Å²) >= 11 is 0. The first-order valence-corrected chi connectivity index (χ1v) is 15.1. The molecule has 2 heterocycles. The second-order valence-corrected chi connectivity index (χ2v) is 12.7. The Bertz CT molecular complexity index is 1500. The van der Waals surface area contributed by atoms with Crippen LogP contribution in [0.1, 0.15) is 50.0 Å². The Morgan fingerprint density at radius 2 is 1.79 bits per heavy atom. The Hall–Kier alpha value is -3.36. The van der Waals surface area contributed by atoms with Crippen molar-refractivity contribution in [2.45, 2.75) is 44.2 Å². The van der Waals surface area contributed by atoms with Gasteiger partial charge in [0.15, 0.2) is 21.4 Å². The number of fused-ring (bicyclic) bond motifs is 1. The van der Waals surface area contributed by atoms with Gasteiger partial charge in [0, 0.05) is 24.4 Å². The average molecular weight is 552 g/mol. The summed E-state index contributed by atoms with van der Waals surface area (Å²) in [4.78, 5) is 2.65. The van der Waals surface area contributed by atoms with E-state index in [2.05, 4.69) is 18.7 Å². The molecule has 0 aliphatic carbocycles. The van der Waals surface area contributed by atoms with Crippen molar-refractivity contribution in [3.05, 3.63) is 83.2 Å². The number of likely N-dealkylation sites (tertiary alicyclic amines) is 1. The van der Waals surface area contributed by atoms with Gasteiger partial charge in [-0.1, -0.05) is 31.2 Å². The molecule has 5 rings (SSSR count). The summed E-state index contributed by atoms with van der Waals surface area (Å²) in [5.74, 6) is 0.598. The summed E-state index contributed by atoms with van der Waals surface area (Å²) in [6, 6.07) is 17.3. The van der Waals surface area contributed by atoms with E-state index >= 15 is 4.39 Å². The van der Waals surface area contributed by atoms with Crippen molar-refractivity contribution in [2.24, 2.45) is 5.92 Å². The van der Waals surface area contributed by atoms with Crippen LogP contribution in [0.25, 0.3) is 11.1 Å². The average Bonchev–Trinajstić information content (AvgIpc) is 3.35. The number of aromatic hydroxyl groups is 1. The molecular formula is C31H34FNO5S. The van der Waals surface area contributed by atoms with Crippen LogP contribution in [0.4, 0.5) is 4.39 Å². The fraction of sp³-hybridized carbons (Fsp3) is 0.355. The maximum atomic E-state index is 15.0. The monoisotopic (exact) mass is 551 g/mol. The third-order valence-electron chi connectivity index (χ3n) is 7.72. The van der Waals surface area contributed by atoms with E-state index in [0.29, 0.717) is 35.1 Å². The van der Waals surface area contributed by atoms with E-state index in [0.717, 1.165) is 36.6 Å². The highest BCUT2D eigenvalue weighted by Crippen LogP contribution is 2.48. The highest BCUT2D eigenvalue weighted by atomic mass is 32.2. The van der Waals surface area contributed by atoms with Gasteiger partial charge in [0.2, 0.25) is 0 Å². The summed E-state index contributed by atoms with van der Waals surface area (Å²) < 4.78 is 51.5. The van der Waals surface area contributed by atoms with E-state index in [1.165, 1.54) is 24.6 Å². The number of hydrogen-bond acceptors (Lipinski definition) is 6. The highest BCUT2D eigenvalue weighted by molar-refractivity contribution is 7.90. The molecular weight excluding hydrogens is 517 g/mol. The molecule has 206 valence electrons. The minimum Gasteiger partial charge on any atom is -0.505 e. The predicted molar refractivity (Wildman–Crippen MR) is 150 cm³/mol. The lowest BCUT2D eigenvalue weighted by atomic mass is 9.86. The zero-order valence-electron chi connectivity index (χ0n) is 22.6. The fourth-order valence-electron chi connectivity index (χ4n) is 5.43. The maximum Gasteiger partial charge on any atom is 0.176 e. The van der Waals surface area contributed by atoms with Crippen LogP contribution in [0, 0.1) is 11.7 Å². The van der Waals surface area contributed by atoms with Gasteiger partial charge in [0.25, 0.3) is 0 Å². The SMILES string of the molecule is CC1=C(c2ccc(S(C)(=O)=O)cc2)C(c2ccc(OC[C@H](C)N3CC[C@@H](C)C3)cc2)Oc2ccc(O)c(F)c21. The Labute approximate surface area is 229 Å². The quantitative estimate of drug-likeness (QED) is 0.382. The van der Waals surface area contributed by atoms with Crippen molar-refractivity contribution in [2.75, 3.05) is 26.0 Å². The van der Waals surface area contributed by atoms with Crippen molar-refractivity contribution >= 4 is 21.0 Å². The van der Waals surface area contributed by atoms with Crippen LogP contribution in [0.15, 0.2) is 65.6 Å². The number of halogens is 1. The molecule has 0 saturated carbocycles. The maximum absolute atomic E-state index is 15.0. The van der Waals surface area contributed by atoms with Gasteiger partial charge in [0.05, 0.1) is 10.5 Å². The Morgan fingerprint density at radius 1 is 1.10 bits per heavy atom. The Kier molecular flexibility index (Phi) is 7.44. The minimum atomic E-state index is -3.37. The van der Waals surface area contributed by atoms with E-state index in [9.17, 15) is 13.5 Å². The smallest absolute Gasteiger partial charge is 0.176 e. The molecule has 1 unspecified atom stereocenters. The lowest BCUT2D eigenvalue weighted by Gasteiger charge is -2.31. The Balaban J connectivity index is 1.45. The molecule has 6 nitrogen and oxygen atoms in total. The number of ether oxygens (including phenoxy) is 2. The number of sulfone groups is 1. The van der Waals surface area contributed by atoms with Gasteiger partial charge in [-0.05, 0) is 85.8 Å². The molecule has 1 fully saturated rings. The highest BCUT2D eigenvalue weighted by Gasteiger charge is 2.32. The number of hydrogen-bond donors (Lipinski definition) is 1. The number of allylic oxidation sites excluding steroid dienone is 1. The second kappa shape index (κ2) is 10.7. The number of benzene rings is 3. The summed E-state index contributed by atoms with van der Waals surface area (Å²) in [5.41, 5.74) is 3.03. The van der Waals surface area contributed by atoms with Gasteiger partial charge in [0.1, 0.15) is 24.2 Å². The molecule has 8 heteroatoms. The normalized spacial score (nSPS) is 20.4. The van der Waals surface area contributed by atoms with E-state index in [1.54, 1.807) is 25.1 Å². The molecule has 0 aromatic heterocycles. The molecule has 3 aromatic rings. The predicted octanol–water partition coefficient (Wildman–Crippen LogP) is 6.11. The van der Waals surface area contributed by atoms with Crippen LogP contribution in [-0.2, 0) is 9.84 Å². The molecule has 0 bridgehead atoms. The van der Waals surface area contributed by atoms with Gasteiger partial charge in [-0.15, -0.1) is 0 Å². The van der Waals surface area contributed by atoms with Crippen LogP contribution >= 0.6 is 0 Å². The molecule has 2 aliphatic rings. The second-order valence-electron chi connectivity index (χ2n) is 10.7. The molecule has 2 aliphatic heterocycles. The van der Waals surface area contributed by atoms with Crippen molar-refractivity contribution in [3.8, 4) is 17.2 Å². The Morgan fingerprint density at radius 3 is 2.41 bits per heavy atom. The number of rotatable bonds is 7. The topological polar surface area (TPSA) is 76.1 Å². The van der Waals surface area contributed by atoms with Crippen molar-refractivity contribution < 1.29 is 27.4 Å². The molecule has 0 spiro atoms. The summed E-state index contributed by atoms with van der Waals surface area (Å²) in [6.07, 6.45) is 1.80. The van der Waals surface area contributed by atoms with Crippen LogP contribution in [0.3, 0.4) is 0 Å².